The van der Waals surface area contributed by atoms with Crippen LogP contribution in [0.15, 0.2) is 35.2 Å². The summed E-state index contributed by atoms with van der Waals surface area (Å²) >= 11 is 0. The zero-order valence-corrected chi connectivity index (χ0v) is 10.7. The first-order valence-corrected chi connectivity index (χ1v) is 7.14. The van der Waals surface area contributed by atoms with Crippen LogP contribution in [0.1, 0.15) is 6.42 Å². The van der Waals surface area contributed by atoms with Crippen molar-refractivity contribution in [2.24, 2.45) is 5.92 Å². The second kappa shape index (κ2) is 5.16. The van der Waals surface area contributed by atoms with Crippen LogP contribution in [0.4, 0.5) is 0 Å². The average Bonchev–Trinajstić information content (AvgIpc) is 2.83. The zero-order chi connectivity index (χ0) is 12.3. The number of hydrogen-bond acceptors (Lipinski definition) is 3. The molecule has 1 atom stereocenters. The Kier molecular flexibility index (Phi) is 3.81. The van der Waals surface area contributed by atoms with Crippen molar-refractivity contribution in [3.8, 4) is 0 Å². The summed E-state index contributed by atoms with van der Waals surface area (Å²) in [6, 6.07) is 8.52. The Hall–Kier alpha value is -0.910. The van der Waals surface area contributed by atoms with Gasteiger partial charge in [-0.1, -0.05) is 18.2 Å². The molecule has 0 radical (unpaired) electrons. The van der Waals surface area contributed by atoms with Crippen molar-refractivity contribution in [2.75, 3.05) is 26.8 Å². The number of ether oxygens (including phenoxy) is 1. The van der Waals surface area contributed by atoms with Crippen molar-refractivity contribution >= 4 is 10.0 Å². The maximum atomic E-state index is 12.2. The first-order valence-electron chi connectivity index (χ1n) is 5.70. The Morgan fingerprint density at radius 3 is 2.65 bits per heavy atom. The Labute approximate surface area is 102 Å². The van der Waals surface area contributed by atoms with Gasteiger partial charge in [0, 0.05) is 20.2 Å². The Morgan fingerprint density at radius 2 is 2.06 bits per heavy atom. The van der Waals surface area contributed by atoms with Crippen LogP contribution in [-0.4, -0.2) is 39.5 Å². The molecule has 2 rings (SSSR count). The van der Waals surface area contributed by atoms with Crippen molar-refractivity contribution in [3.63, 3.8) is 0 Å². The van der Waals surface area contributed by atoms with Gasteiger partial charge in [0.05, 0.1) is 11.5 Å². The molecule has 5 heteroatoms. The van der Waals surface area contributed by atoms with E-state index in [1.807, 2.05) is 6.07 Å². The first kappa shape index (κ1) is 12.5. The molecular formula is C12H17NO3S. The maximum Gasteiger partial charge on any atom is 0.242 e. The van der Waals surface area contributed by atoms with E-state index in [-0.39, 0.29) is 0 Å². The molecule has 0 bridgehead atoms. The molecule has 0 amide bonds. The van der Waals surface area contributed by atoms with Gasteiger partial charge in [0.2, 0.25) is 10.0 Å². The van der Waals surface area contributed by atoms with E-state index in [4.69, 9.17) is 4.74 Å². The summed E-state index contributed by atoms with van der Waals surface area (Å²) in [5.41, 5.74) is 0. The fourth-order valence-corrected chi connectivity index (χ4v) is 3.23. The number of benzene rings is 1. The molecule has 1 fully saturated rings. The topological polar surface area (TPSA) is 46.6 Å². The summed E-state index contributed by atoms with van der Waals surface area (Å²) in [5.74, 6) is 0.318. The van der Waals surface area contributed by atoms with Crippen LogP contribution in [0.3, 0.4) is 0 Å². The van der Waals surface area contributed by atoms with E-state index >= 15 is 0 Å². The summed E-state index contributed by atoms with van der Waals surface area (Å²) < 4.78 is 31.1. The monoisotopic (exact) mass is 255 g/mol. The molecule has 4 nitrogen and oxygen atoms in total. The standard InChI is InChI=1S/C12H17NO3S/c1-13(9-11-7-8-16-10-11)17(14,15)12-5-3-2-4-6-12/h2-6,11H,7-10H2,1H3. The van der Waals surface area contributed by atoms with Crippen LogP contribution < -0.4 is 0 Å². The molecule has 1 aromatic carbocycles. The summed E-state index contributed by atoms with van der Waals surface area (Å²) in [5, 5.41) is 0. The summed E-state index contributed by atoms with van der Waals surface area (Å²) in [6.45, 7) is 1.93. The minimum absolute atomic E-state index is 0.318. The predicted molar refractivity (Wildman–Crippen MR) is 65.2 cm³/mol. The second-order valence-electron chi connectivity index (χ2n) is 4.33. The highest BCUT2D eigenvalue weighted by atomic mass is 32.2. The smallest absolute Gasteiger partial charge is 0.242 e. The quantitative estimate of drug-likeness (QED) is 0.815. The molecule has 0 saturated carbocycles. The van der Waals surface area contributed by atoms with Crippen LogP contribution in [-0.2, 0) is 14.8 Å². The van der Waals surface area contributed by atoms with E-state index < -0.39 is 10.0 Å². The van der Waals surface area contributed by atoms with Gasteiger partial charge in [0.15, 0.2) is 0 Å². The van der Waals surface area contributed by atoms with Gasteiger partial charge in [-0.25, -0.2) is 12.7 Å². The van der Waals surface area contributed by atoms with Gasteiger partial charge < -0.3 is 4.74 Å². The van der Waals surface area contributed by atoms with Gasteiger partial charge in [0.25, 0.3) is 0 Å². The number of sulfonamides is 1. The van der Waals surface area contributed by atoms with Crippen LogP contribution in [0, 0.1) is 5.92 Å². The summed E-state index contributed by atoms with van der Waals surface area (Å²) in [4.78, 5) is 0.349. The van der Waals surface area contributed by atoms with Crippen LogP contribution in [0.2, 0.25) is 0 Å². The summed E-state index contributed by atoms with van der Waals surface area (Å²) in [7, 11) is -1.72. The molecule has 94 valence electrons. The molecule has 0 spiro atoms. The molecule has 1 unspecified atom stereocenters. The molecule has 1 aliphatic heterocycles. The van der Waals surface area contributed by atoms with Crippen LogP contribution in [0.5, 0.6) is 0 Å². The Balaban J connectivity index is 2.09. The maximum absolute atomic E-state index is 12.2. The van der Waals surface area contributed by atoms with E-state index in [2.05, 4.69) is 0 Å². The average molecular weight is 255 g/mol. The Bertz CT molecular complexity index is 452. The highest BCUT2D eigenvalue weighted by molar-refractivity contribution is 7.89. The largest absolute Gasteiger partial charge is 0.381 e. The van der Waals surface area contributed by atoms with Crippen molar-refractivity contribution in [1.29, 1.82) is 0 Å². The van der Waals surface area contributed by atoms with Gasteiger partial charge in [-0.3, -0.25) is 0 Å². The highest BCUT2D eigenvalue weighted by Crippen LogP contribution is 2.18. The van der Waals surface area contributed by atoms with E-state index in [0.29, 0.717) is 24.0 Å². The van der Waals surface area contributed by atoms with Gasteiger partial charge >= 0.3 is 0 Å². The lowest BCUT2D eigenvalue weighted by atomic mass is 10.1. The molecule has 0 aliphatic carbocycles. The van der Waals surface area contributed by atoms with Gasteiger partial charge in [-0.05, 0) is 24.5 Å². The minimum Gasteiger partial charge on any atom is -0.381 e. The van der Waals surface area contributed by atoms with E-state index in [9.17, 15) is 8.42 Å². The number of nitrogens with zero attached hydrogens (tertiary/aromatic N) is 1. The van der Waals surface area contributed by atoms with Crippen molar-refractivity contribution in [1.82, 2.24) is 4.31 Å². The Morgan fingerprint density at radius 1 is 1.35 bits per heavy atom. The lowest BCUT2D eigenvalue weighted by molar-refractivity contribution is 0.182. The third kappa shape index (κ3) is 2.86. The van der Waals surface area contributed by atoms with E-state index in [1.165, 1.54) is 4.31 Å². The molecule has 1 heterocycles. The van der Waals surface area contributed by atoms with Crippen molar-refractivity contribution in [2.45, 2.75) is 11.3 Å². The molecule has 1 aromatic rings. The van der Waals surface area contributed by atoms with Crippen LogP contribution >= 0.6 is 0 Å². The van der Waals surface area contributed by atoms with E-state index in [0.717, 1.165) is 13.0 Å². The number of rotatable bonds is 4. The third-order valence-electron chi connectivity index (χ3n) is 2.99. The third-order valence-corrected chi connectivity index (χ3v) is 4.83. The van der Waals surface area contributed by atoms with Crippen molar-refractivity contribution < 1.29 is 13.2 Å². The predicted octanol–water partition coefficient (Wildman–Crippen LogP) is 1.34. The molecule has 0 aromatic heterocycles. The van der Waals surface area contributed by atoms with Gasteiger partial charge in [0.1, 0.15) is 0 Å². The molecule has 1 saturated heterocycles. The lowest BCUT2D eigenvalue weighted by Crippen LogP contribution is -2.32. The van der Waals surface area contributed by atoms with E-state index in [1.54, 1.807) is 31.3 Å². The fraction of sp³-hybridized carbons (Fsp3) is 0.500. The second-order valence-corrected chi connectivity index (χ2v) is 6.37. The molecule has 0 N–H and O–H groups in total. The van der Waals surface area contributed by atoms with Gasteiger partial charge in [-0.2, -0.15) is 0 Å². The molecule has 1 aliphatic rings. The number of hydrogen-bond donors (Lipinski definition) is 0. The summed E-state index contributed by atoms with van der Waals surface area (Å²) in [6.07, 6.45) is 0.939. The normalized spacial score (nSPS) is 20.9. The molecule has 17 heavy (non-hydrogen) atoms. The highest BCUT2D eigenvalue weighted by Gasteiger charge is 2.25. The lowest BCUT2D eigenvalue weighted by Gasteiger charge is -2.20. The SMILES string of the molecule is CN(CC1CCOC1)S(=O)(=O)c1ccccc1. The minimum atomic E-state index is -3.35. The van der Waals surface area contributed by atoms with Crippen LogP contribution in [0.25, 0.3) is 0 Å². The molecular weight excluding hydrogens is 238 g/mol. The van der Waals surface area contributed by atoms with Crippen molar-refractivity contribution in [3.05, 3.63) is 30.3 Å². The van der Waals surface area contributed by atoms with Gasteiger partial charge in [-0.15, -0.1) is 0 Å². The zero-order valence-electron chi connectivity index (χ0n) is 9.87. The fourth-order valence-electron chi connectivity index (χ4n) is 1.96. The first-order chi connectivity index (χ1) is 8.10.